The van der Waals surface area contributed by atoms with Gasteiger partial charge in [0.05, 0.1) is 13.0 Å². The maximum atomic E-state index is 12.1. The molecule has 0 aliphatic carbocycles. The van der Waals surface area contributed by atoms with Crippen LogP contribution in [0.4, 0.5) is 19.3 Å². The Balaban J connectivity index is 2.76. The highest BCUT2D eigenvalue weighted by molar-refractivity contribution is 5.90. The fourth-order valence-electron chi connectivity index (χ4n) is 1.46. The SMILES string of the molecule is CN(CC(F)F)C(=O)Nc1ccccc1CC(=O)O. The lowest BCUT2D eigenvalue weighted by molar-refractivity contribution is -0.136. The van der Waals surface area contributed by atoms with E-state index < -0.39 is 25.0 Å². The second-order valence-electron chi connectivity index (χ2n) is 3.93. The summed E-state index contributed by atoms with van der Waals surface area (Å²) in [6, 6.07) is 5.62. The molecule has 0 atom stereocenters. The van der Waals surface area contributed by atoms with E-state index in [2.05, 4.69) is 5.32 Å². The number of urea groups is 1. The lowest BCUT2D eigenvalue weighted by Crippen LogP contribution is -2.35. The molecule has 0 spiro atoms. The minimum Gasteiger partial charge on any atom is -0.481 e. The summed E-state index contributed by atoms with van der Waals surface area (Å²) in [6.45, 7) is -0.688. The smallest absolute Gasteiger partial charge is 0.321 e. The van der Waals surface area contributed by atoms with Crippen molar-refractivity contribution in [1.29, 1.82) is 0 Å². The highest BCUT2D eigenvalue weighted by atomic mass is 19.3. The van der Waals surface area contributed by atoms with Gasteiger partial charge >= 0.3 is 12.0 Å². The molecule has 0 heterocycles. The van der Waals surface area contributed by atoms with Crippen molar-refractivity contribution in [3.8, 4) is 0 Å². The van der Waals surface area contributed by atoms with Crippen LogP contribution >= 0.6 is 0 Å². The normalized spacial score (nSPS) is 10.3. The number of carbonyl (C=O) groups is 2. The van der Waals surface area contributed by atoms with Crippen LogP contribution in [0.2, 0.25) is 0 Å². The molecule has 0 radical (unpaired) electrons. The van der Waals surface area contributed by atoms with E-state index in [1.54, 1.807) is 18.2 Å². The van der Waals surface area contributed by atoms with E-state index in [-0.39, 0.29) is 6.42 Å². The summed E-state index contributed by atoms with van der Waals surface area (Å²) in [4.78, 5) is 23.1. The molecule has 0 saturated heterocycles. The monoisotopic (exact) mass is 272 g/mol. The summed E-state index contributed by atoms with van der Waals surface area (Å²) in [5.74, 6) is -1.04. The molecule has 1 rings (SSSR count). The minimum atomic E-state index is -2.62. The first-order valence-electron chi connectivity index (χ1n) is 5.50. The Bertz CT molecular complexity index is 466. The first-order chi connectivity index (χ1) is 8.90. The predicted molar refractivity (Wildman–Crippen MR) is 65.4 cm³/mol. The van der Waals surface area contributed by atoms with Crippen molar-refractivity contribution in [2.75, 3.05) is 18.9 Å². The van der Waals surface area contributed by atoms with E-state index in [1.165, 1.54) is 13.1 Å². The third-order valence-electron chi connectivity index (χ3n) is 2.36. The highest BCUT2D eigenvalue weighted by Gasteiger charge is 2.15. The van der Waals surface area contributed by atoms with Gasteiger partial charge in [-0.25, -0.2) is 13.6 Å². The van der Waals surface area contributed by atoms with Crippen LogP contribution in [0.1, 0.15) is 5.56 Å². The van der Waals surface area contributed by atoms with Gasteiger partial charge in [-0.15, -0.1) is 0 Å². The zero-order valence-corrected chi connectivity index (χ0v) is 10.3. The number of carbonyl (C=O) groups excluding carboxylic acids is 1. The molecule has 0 bridgehead atoms. The number of hydrogen-bond donors (Lipinski definition) is 2. The van der Waals surface area contributed by atoms with Crippen molar-refractivity contribution < 1.29 is 23.5 Å². The average Bonchev–Trinajstić information content (AvgIpc) is 2.30. The number of hydrogen-bond acceptors (Lipinski definition) is 2. The molecule has 5 nitrogen and oxygen atoms in total. The zero-order chi connectivity index (χ0) is 14.4. The Hall–Kier alpha value is -2.18. The second kappa shape index (κ2) is 6.67. The van der Waals surface area contributed by atoms with Gasteiger partial charge < -0.3 is 15.3 Å². The number of nitrogens with zero attached hydrogens (tertiary/aromatic N) is 1. The molecule has 1 aromatic carbocycles. The first-order valence-corrected chi connectivity index (χ1v) is 5.50. The van der Waals surface area contributed by atoms with Gasteiger partial charge in [0.1, 0.15) is 0 Å². The Morgan fingerprint density at radius 3 is 2.58 bits per heavy atom. The summed E-state index contributed by atoms with van der Waals surface area (Å²) < 4.78 is 24.3. The number of amides is 2. The van der Waals surface area contributed by atoms with Crippen molar-refractivity contribution in [1.82, 2.24) is 4.90 Å². The lowest BCUT2D eigenvalue weighted by Gasteiger charge is -2.18. The summed E-state index contributed by atoms with van der Waals surface area (Å²) in [7, 11) is 1.24. The quantitative estimate of drug-likeness (QED) is 0.861. The van der Waals surface area contributed by atoms with Crippen LogP contribution in [-0.2, 0) is 11.2 Å². The minimum absolute atomic E-state index is 0.255. The van der Waals surface area contributed by atoms with Gasteiger partial charge in [-0.2, -0.15) is 0 Å². The van der Waals surface area contributed by atoms with Crippen molar-refractivity contribution in [2.24, 2.45) is 0 Å². The summed E-state index contributed by atoms with van der Waals surface area (Å²) >= 11 is 0. The van der Waals surface area contributed by atoms with E-state index in [4.69, 9.17) is 5.11 Å². The van der Waals surface area contributed by atoms with Gasteiger partial charge in [0.25, 0.3) is 6.43 Å². The Kier molecular flexibility index (Phi) is 5.23. The second-order valence-corrected chi connectivity index (χ2v) is 3.93. The molecule has 0 aliphatic rings. The van der Waals surface area contributed by atoms with Crippen LogP contribution in [0.5, 0.6) is 0 Å². The van der Waals surface area contributed by atoms with Gasteiger partial charge in [-0.05, 0) is 11.6 Å². The standard InChI is InChI=1S/C12H14F2N2O3/c1-16(7-10(13)14)12(19)15-9-5-3-2-4-8(9)6-11(17)18/h2-5,10H,6-7H2,1H3,(H,15,19)(H,17,18). The molecule has 0 saturated carbocycles. The van der Waals surface area contributed by atoms with Crippen molar-refractivity contribution in [3.63, 3.8) is 0 Å². The van der Waals surface area contributed by atoms with Crippen LogP contribution in [0.15, 0.2) is 24.3 Å². The van der Waals surface area contributed by atoms with Gasteiger partial charge in [-0.1, -0.05) is 18.2 Å². The Morgan fingerprint density at radius 2 is 2.00 bits per heavy atom. The van der Waals surface area contributed by atoms with E-state index in [0.717, 1.165) is 4.90 Å². The van der Waals surface area contributed by atoms with Crippen LogP contribution in [0.25, 0.3) is 0 Å². The van der Waals surface area contributed by atoms with E-state index in [9.17, 15) is 18.4 Å². The van der Waals surface area contributed by atoms with E-state index in [1.807, 2.05) is 0 Å². The van der Waals surface area contributed by atoms with Gasteiger partial charge in [-0.3, -0.25) is 4.79 Å². The summed E-state index contributed by atoms with van der Waals surface area (Å²) in [5, 5.41) is 11.1. The Morgan fingerprint density at radius 1 is 1.37 bits per heavy atom. The van der Waals surface area contributed by atoms with Crippen molar-refractivity contribution in [3.05, 3.63) is 29.8 Å². The maximum Gasteiger partial charge on any atom is 0.321 e. The fraction of sp³-hybridized carbons (Fsp3) is 0.333. The van der Waals surface area contributed by atoms with Crippen LogP contribution < -0.4 is 5.32 Å². The molecular formula is C12H14F2N2O3. The number of carboxylic acid groups (broad SMARTS) is 1. The van der Waals surface area contributed by atoms with E-state index in [0.29, 0.717) is 11.3 Å². The van der Waals surface area contributed by atoms with Gasteiger partial charge in [0.2, 0.25) is 0 Å². The predicted octanol–water partition coefficient (Wildman–Crippen LogP) is 2.04. The third-order valence-corrected chi connectivity index (χ3v) is 2.36. The van der Waals surface area contributed by atoms with Gasteiger partial charge in [0, 0.05) is 12.7 Å². The molecule has 1 aromatic rings. The highest BCUT2D eigenvalue weighted by Crippen LogP contribution is 2.16. The molecule has 19 heavy (non-hydrogen) atoms. The number of aliphatic carboxylic acids is 1. The molecule has 0 unspecified atom stereocenters. The number of rotatable bonds is 5. The number of halogens is 2. The van der Waals surface area contributed by atoms with E-state index >= 15 is 0 Å². The third kappa shape index (κ3) is 4.90. The number of para-hydroxylation sites is 1. The van der Waals surface area contributed by atoms with Crippen LogP contribution in [-0.4, -0.2) is 42.0 Å². The number of carboxylic acids is 1. The average molecular weight is 272 g/mol. The van der Waals surface area contributed by atoms with Gasteiger partial charge in [0.15, 0.2) is 0 Å². The summed E-state index contributed by atoms with van der Waals surface area (Å²) in [5.41, 5.74) is 0.713. The molecular weight excluding hydrogens is 258 g/mol. The molecule has 7 heteroatoms. The fourth-order valence-corrected chi connectivity index (χ4v) is 1.46. The maximum absolute atomic E-state index is 12.1. The number of nitrogens with one attached hydrogen (secondary N) is 1. The number of benzene rings is 1. The molecule has 0 aromatic heterocycles. The van der Waals surface area contributed by atoms with Crippen LogP contribution in [0.3, 0.4) is 0 Å². The summed E-state index contributed by atoms with van der Waals surface area (Å²) in [6.07, 6.45) is -2.88. The Labute approximate surface area is 108 Å². The first kappa shape index (κ1) is 14.9. The van der Waals surface area contributed by atoms with Crippen LogP contribution in [0, 0.1) is 0 Å². The molecule has 0 aliphatic heterocycles. The topological polar surface area (TPSA) is 69.6 Å². The molecule has 2 amide bonds. The number of alkyl halides is 2. The lowest BCUT2D eigenvalue weighted by atomic mass is 10.1. The largest absolute Gasteiger partial charge is 0.481 e. The molecule has 2 N–H and O–H groups in total. The molecule has 0 fully saturated rings. The zero-order valence-electron chi connectivity index (χ0n) is 10.3. The molecule has 104 valence electrons. The van der Waals surface area contributed by atoms with Crippen molar-refractivity contribution in [2.45, 2.75) is 12.8 Å². The van der Waals surface area contributed by atoms with Crippen molar-refractivity contribution >= 4 is 17.7 Å². The number of anilines is 1.